The number of nitrogens with one attached hydrogen (secondary N) is 2. The van der Waals surface area contributed by atoms with E-state index in [1.54, 1.807) is 0 Å². The summed E-state index contributed by atoms with van der Waals surface area (Å²) >= 11 is 5.38. The first-order valence-corrected chi connectivity index (χ1v) is 7.68. The number of carbonyl (C=O) groups excluding carboxylic acids is 1. The van der Waals surface area contributed by atoms with Crippen molar-refractivity contribution in [1.82, 2.24) is 15.5 Å². The standard InChI is InChI=1S/C16H23N3OS/c1-12-9-16(2,3)18-15(21)19(12)11-14(20)17-10-13-7-5-4-6-8-13/h4-8,12H,9-11H2,1-3H3,(H,17,20)(H,18,21)/t12-/m1/s1. The van der Waals surface area contributed by atoms with Gasteiger partial charge in [-0.2, -0.15) is 0 Å². The fourth-order valence-corrected chi connectivity index (χ4v) is 3.22. The summed E-state index contributed by atoms with van der Waals surface area (Å²) in [4.78, 5) is 14.1. The highest BCUT2D eigenvalue weighted by molar-refractivity contribution is 7.80. The van der Waals surface area contributed by atoms with E-state index >= 15 is 0 Å². The van der Waals surface area contributed by atoms with Crippen LogP contribution < -0.4 is 10.6 Å². The quantitative estimate of drug-likeness (QED) is 0.836. The van der Waals surface area contributed by atoms with E-state index in [0.717, 1.165) is 12.0 Å². The van der Waals surface area contributed by atoms with Gasteiger partial charge in [0.2, 0.25) is 5.91 Å². The van der Waals surface area contributed by atoms with Crippen molar-refractivity contribution in [2.75, 3.05) is 6.54 Å². The van der Waals surface area contributed by atoms with Crippen LogP contribution in [0.2, 0.25) is 0 Å². The van der Waals surface area contributed by atoms with Gasteiger partial charge in [0.25, 0.3) is 0 Å². The molecule has 1 saturated heterocycles. The predicted octanol–water partition coefficient (Wildman–Crippen LogP) is 2.05. The van der Waals surface area contributed by atoms with Crippen LogP contribution >= 0.6 is 12.2 Å². The number of rotatable bonds is 4. The molecule has 4 nitrogen and oxygen atoms in total. The fraction of sp³-hybridized carbons (Fsp3) is 0.500. The molecule has 1 fully saturated rings. The van der Waals surface area contributed by atoms with Crippen molar-refractivity contribution < 1.29 is 4.79 Å². The Kier molecular flexibility index (Phi) is 4.83. The molecule has 1 atom stereocenters. The molecule has 1 aromatic carbocycles. The number of benzene rings is 1. The molecule has 1 aromatic rings. The van der Waals surface area contributed by atoms with Gasteiger partial charge in [-0.3, -0.25) is 4.79 Å². The largest absolute Gasteiger partial charge is 0.358 e. The Morgan fingerprint density at radius 1 is 1.43 bits per heavy atom. The molecule has 2 rings (SSSR count). The zero-order valence-corrected chi connectivity index (χ0v) is 13.7. The lowest BCUT2D eigenvalue weighted by Gasteiger charge is -2.44. The van der Waals surface area contributed by atoms with Gasteiger partial charge in [0.15, 0.2) is 5.11 Å². The average molecular weight is 305 g/mol. The normalized spacial score (nSPS) is 20.8. The number of amides is 1. The van der Waals surface area contributed by atoms with E-state index in [4.69, 9.17) is 12.2 Å². The zero-order valence-electron chi connectivity index (χ0n) is 12.8. The lowest BCUT2D eigenvalue weighted by atomic mass is 9.93. The average Bonchev–Trinajstić information content (AvgIpc) is 2.41. The molecule has 0 bridgehead atoms. The molecule has 5 heteroatoms. The maximum atomic E-state index is 12.1. The van der Waals surface area contributed by atoms with Gasteiger partial charge in [-0.1, -0.05) is 30.3 Å². The Labute approximate surface area is 131 Å². The molecule has 0 radical (unpaired) electrons. The monoisotopic (exact) mass is 305 g/mol. The van der Waals surface area contributed by atoms with Gasteiger partial charge in [0.1, 0.15) is 0 Å². The third kappa shape index (κ3) is 4.43. The SMILES string of the molecule is C[C@@H]1CC(C)(C)NC(=S)N1CC(=O)NCc1ccccc1. The Morgan fingerprint density at radius 3 is 2.71 bits per heavy atom. The highest BCUT2D eigenvalue weighted by Gasteiger charge is 2.33. The van der Waals surface area contributed by atoms with E-state index < -0.39 is 0 Å². The Morgan fingerprint density at radius 2 is 2.10 bits per heavy atom. The first-order chi connectivity index (χ1) is 9.87. The second kappa shape index (κ2) is 6.43. The van der Waals surface area contributed by atoms with Crippen LogP contribution in [0.15, 0.2) is 30.3 Å². The molecular weight excluding hydrogens is 282 g/mol. The second-order valence-corrected chi connectivity index (χ2v) is 6.64. The molecule has 1 aliphatic heterocycles. The molecule has 0 spiro atoms. The van der Waals surface area contributed by atoms with Crippen molar-refractivity contribution in [3.05, 3.63) is 35.9 Å². The molecule has 2 N–H and O–H groups in total. The van der Waals surface area contributed by atoms with Crippen molar-refractivity contribution in [3.8, 4) is 0 Å². The lowest BCUT2D eigenvalue weighted by Crippen LogP contribution is -2.61. The molecular formula is C16H23N3OS. The number of hydrogen-bond donors (Lipinski definition) is 2. The third-order valence-corrected chi connectivity index (χ3v) is 4.03. The molecule has 114 valence electrons. The summed E-state index contributed by atoms with van der Waals surface area (Å²) in [5.74, 6) is -0.00504. The maximum absolute atomic E-state index is 12.1. The van der Waals surface area contributed by atoms with Crippen molar-refractivity contribution in [2.45, 2.75) is 45.3 Å². The minimum atomic E-state index is -0.00643. The van der Waals surface area contributed by atoms with E-state index in [-0.39, 0.29) is 17.5 Å². The summed E-state index contributed by atoms with van der Waals surface area (Å²) in [7, 11) is 0. The molecule has 0 saturated carbocycles. The van der Waals surface area contributed by atoms with E-state index in [1.807, 2.05) is 35.2 Å². The minimum Gasteiger partial charge on any atom is -0.358 e. The van der Waals surface area contributed by atoms with Crippen LogP contribution in [-0.4, -0.2) is 34.0 Å². The van der Waals surface area contributed by atoms with Crippen molar-refractivity contribution >= 4 is 23.2 Å². The van der Waals surface area contributed by atoms with Gasteiger partial charge in [-0.05, 0) is 45.0 Å². The highest BCUT2D eigenvalue weighted by atomic mass is 32.1. The Balaban J connectivity index is 1.86. The first-order valence-electron chi connectivity index (χ1n) is 7.27. The highest BCUT2D eigenvalue weighted by Crippen LogP contribution is 2.21. The van der Waals surface area contributed by atoms with Crippen molar-refractivity contribution in [3.63, 3.8) is 0 Å². The molecule has 0 aromatic heterocycles. The van der Waals surface area contributed by atoms with Crippen LogP contribution in [0.4, 0.5) is 0 Å². The fourth-order valence-electron chi connectivity index (χ4n) is 2.70. The van der Waals surface area contributed by atoms with E-state index in [9.17, 15) is 4.79 Å². The van der Waals surface area contributed by atoms with Crippen LogP contribution in [0.25, 0.3) is 0 Å². The van der Waals surface area contributed by atoms with Crippen LogP contribution in [0.3, 0.4) is 0 Å². The summed E-state index contributed by atoms with van der Waals surface area (Å²) in [5, 5.41) is 6.89. The number of hydrogen-bond acceptors (Lipinski definition) is 2. The zero-order chi connectivity index (χ0) is 15.5. The molecule has 0 aliphatic carbocycles. The van der Waals surface area contributed by atoms with Crippen molar-refractivity contribution in [2.24, 2.45) is 0 Å². The third-order valence-electron chi connectivity index (χ3n) is 3.69. The smallest absolute Gasteiger partial charge is 0.239 e. The number of thiocarbonyl (C=S) groups is 1. The minimum absolute atomic E-state index is 0.00504. The number of nitrogens with zero attached hydrogens (tertiary/aromatic N) is 1. The van der Waals surface area contributed by atoms with Crippen LogP contribution in [0.5, 0.6) is 0 Å². The van der Waals surface area contributed by atoms with Gasteiger partial charge in [-0.15, -0.1) is 0 Å². The molecule has 1 amide bonds. The van der Waals surface area contributed by atoms with E-state index in [2.05, 4.69) is 31.4 Å². The van der Waals surface area contributed by atoms with E-state index in [0.29, 0.717) is 18.2 Å². The van der Waals surface area contributed by atoms with Gasteiger partial charge >= 0.3 is 0 Å². The second-order valence-electron chi connectivity index (χ2n) is 6.26. The summed E-state index contributed by atoms with van der Waals surface area (Å²) in [6, 6.07) is 10.2. The van der Waals surface area contributed by atoms with Crippen LogP contribution in [0, 0.1) is 0 Å². The molecule has 0 unspecified atom stereocenters. The first kappa shape index (κ1) is 15.8. The maximum Gasteiger partial charge on any atom is 0.239 e. The van der Waals surface area contributed by atoms with Gasteiger partial charge in [-0.25, -0.2) is 0 Å². The summed E-state index contributed by atoms with van der Waals surface area (Å²) in [5.41, 5.74) is 1.09. The summed E-state index contributed by atoms with van der Waals surface area (Å²) in [6.45, 7) is 7.22. The number of carbonyl (C=O) groups is 1. The summed E-state index contributed by atoms with van der Waals surface area (Å²) < 4.78 is 0. The van der Waals surface area contributed by atoms with Crippen LogP contribution in [0.1, 0.15) is 32.8 Å². The molecule has 21 heavy (non-hydrogen) atoms. The van der Waals surface area contributed by atoms with Gasteiger partial charge < -0.3 is 15.5 Å². The Hall–Kier alpha value is -1.62. The van der Waals surface area contributed by atoms with Gasteiger partial charge in [0, 0.05) is 18.1 Å². The molecule has 1 heterocycles. The van der Waals surface area contributed by atoms with Crippen LogP contribution in [-0.2, 0) is 11.3 Å². The van der Waals surface area contributed by atoms with Gasteiger partial charge in [0.05, 0.1) is 6.54 Å². The van der Waals surface area contributed by atoms with E-state index in [1.165, 1.54) is 0 Å². The molecule has 1 aliphatic rings. The lowest BCUT2D eigenvalue weighted by molar-refractivity contribution is -0.122. The predicted molar refractivity (Wildman–Crippen MR) is 88.9 cm³/mol. The topological polar surface area (TPSA) is 44.4 Å². The summed E-state index contributed by atoms with van der Waals surface area (Å²) in [6.07, 6.45) is 0.957. The van der Waals surface area contributed by atoms with Crippen molar-refractivity contribution in [1.29, 1.82) is 0 Å². The Bertz CT molecular complexity index is 516.